The Hall–Kier alpha value is -0.900. The quantitative estimate of drug-likeness (QED) is 0.165. The van der Waals surface area contributed by atoms with Crippen molar-refractivity contribution in [3.63, 3.8) is 0 Å². The van der Waals surface area contributed by atoms with Gasteiger partial charge >= 0.3 is 5.97 Å². The van der Waals surface area contributed by atoms with Crippen LogP contribution in [-0.4, -0.2) is 29.1 Å². The zero-order valence-electron chi connectivity index (χ0n) is 18.2. The van der Waals surface area contributed by atoms with Crippen LogP contribution in [0.1, 0.15) is 124 Å². The van der Waals surface area contributed by atoms with Crippen LogP contribution in [0.5, 0.6) is 0 Å². The van der Waals surface area contributed by atoms with Gasteiger partial charge in [-0.1, -0.05) is 96.8 Å². The summed E-state index contributed by atoms with van der Waals surface area (Å²) in [5.41, 5.74) is -1.99. The Morgan fingerprint density at radius 1 is 0.704 bits per heavy atom. The number of carbonyl (C=O) groups excluding carboxylic acids is 2. The van der Waals surface area contributed by atoms with E-state index in [2.05, 4.69) is 6.92 Å². The first-order valence-electron chi connectivity index (χ1n) is 11.4. The molecule has 0 aliphatic heterocycles. The number of rotatable bonds is 19. The first-order chi connectivity index (χ1) is 13.0. The number of aliphatic hydroxyl groups is 1. The lowest BCUT2D eigenvalue weighted by Crippen LogP contribution is -2.44. The first-order valence-corrected chi connectivity index (χ1v) is 11.4. The molecule has 0 rings (SSSR count). The topological polar surface area (TPSA) is 63.6 Å². The Morgan fingerprint density at radius 3 is 1.44 bits per heavy atom. The lowest BCUT2D eigenvalue weighted by molar-refractivity contribution is -0.168. The summed E-state index contributed by atoms with van der Waals surface area (Å²) in [5, 5.41) is 9.97. The second-order valence-corrected chi connectivity index (χ2v) is 7.92. The van der Waals surface area contributed by atoms with E-state index < -0.39 is 17.4 Å². The van der Waals surface area contributed by atoms with E-state index in [4.69, 9.17) is 4.74 Å². The number of ether oxygens (including phenoxy) is 1. The minimum Gasteiger partial charge on any atom is -0.464 e. The standard InChI is InChI=1S/C23H44O4/c1-4-6-7-8-9-10-11-12-13-14-15-16-17-18-19-20-21(24)23(3,26)22(25)27-5-2/h26H,4-20H2,1-3H3. The van der Waals surface area contributed by atoms with Crippen LogP contribution < -0.4 is 0 Å². The van der Waals surface area contributed by atoms with Crippen molar-refractivity contribution in [2.24, 2.45) is 0 Å². The molecule has 27 heavy (non-hydrogen) atoms. The van der Waals surface area contributed by atoms with Crippen LogP contribution in [0.25, 0.3) is 0 Å². The number of ketones is 1. The van der Waals surface area contributed by atoms with E-state index in [1.165, 1.54) is 84.0 Å². The Kier molecular flexibility index (Phi) is 16.6. The lowest BCUT2D eigenvalue weighted by Gasteiger charge is -2.19. The summed E-state index contributed by atoms with van der Waals surface area (Å²) in [5.74, 6) is -1.27. The molecule has 0 aromatic carbocycles. The Morgan fingerprint density at radius 2 is 1.07 bits per heavy atom. The highest BCUT2D eigenvalue weighted by Crippen LogP contribution is 2.16. The third-order valence-corrected chi connectivity index (χ3v) is 5.22. The Balaban J connectivity index is 3.42. The summed E-state index contributed by atoms with van der Waals surface area (Å²) in [6, 6.07) is 0. The van der Waals surface area contributed by atoms with Gasteiger partial charge in [0, 0.05) is 6.42 Å². The van der Waals surface area contributed by atoms with Gasteiger partial charge in [-0.25, -0.2) is 4.79 Å². The van der Waals surface area contributed by atoms with Crippen molar-refractivity contribution in [2.75, 3.05) is 6.61 Å². The minimum absolute atomic E-state index is 0.168. The minimum atomic E-state index is -1.99. The van der Waals surface area contributed by atoms with Gasteiger partial charge in [-0.2, -0.15) is 0 Å². The number of hydrogen-bond donors (Lipinski definition) is 1. The maximum Gasteiger partial charge on any atom is 0.345 e. The average Bonchev–Trinajstić information content (AvgIpc) is 2.64. The molecule has 0 bridgehead atoms. The van der Waals surface area contributed by atoms with Gasteiger partial charge in [0.1, 0.15) is 0 Å². The van der Waals surface area contributed by atoms with Crippen LogP contribution in [0.2, 0.25) is 0 Å². The first kappa shape index (κ1) is 26.1. The summed E-state index contributed by atoms with van der Waals surface area (Å²) in [4.78, 5) is 23.5. The number of Topliss-reactive ketones (excluding diaryl/α,β-unsaturated/α-hetero) is 1. The summed E-state index contributed by atoms with van der Waals surface area (Å²) < 4.78 is 4.75. The smallest absolute Gasteiger partial charge is 0.345 e. The Labute approximate surface area is 167 Å². The lowest BCUT2D eigenvalue weighted by atomic mass is 9.96. The van der Waals surface area contributed by atoms with Crippen molar-refractivity contribution in [3.05, 3.63) is 0 Å². The maximum atomic E-state index is 12.0. The molecule has 0 saturated carbocycles. The van der Waals surface area contributed by atoms with Gasteiger partial charge in [0.2, 0.25) is 5.60 Å². The molecule has 0 heterocycles. The molecule has 1 atom stereocenters. The van der Waals surface area contributed by atoms with Crippen LogP contribution >= 0.6 is 0 Å². The molecule has 1 unspecified atom stereocenters. The predicted molar refractivity (Wildman–Crippen MR) is 112 cm³/mol. The molecular formula is C23H44O4. The maximum absolute atomic E-state index is 12.0. The molecule has 0 saturated heterocycles. The molecule has 0 spiro atoms. The molecule has 0 aromatic heterocycles. The van der Waals surface area contributed by atoms with Crippen LogP contribution in [0.15, 0.2) is 0 Å². The molecule has 0 amide bonds. The van der Waals surface area contributed by atoms with Gasteiger partial charge < -0.3 is 9.84 Å². The number of hydrogen-bond acceptors (Lipinski definition) is 4. The molecular weight excluding hydrogens is 340 g/mol. The van der Waals surface area contributed by atoms with Gasteiger partial charge in [0.05, 0.1) is 6.61 Å². The monoisotopic (exact) mass is 384 g/mol. The largest absolute Gasteiger partial charge is 0.464 e. The van der Waals surface area contributed by atoms with Gasteiger partial charge in [-0.15, -0.1) is 0 Å². The molecule has 4 nitrogen and oxygen atoms in total. The molecule has 0 aliphatic carbocycles. The zero-order valence-corrected chi connectivity index (χ0v) is 18.2. The van der Waals surface area contributed by atoms with Gasteiger partial charge in [-0.3, -0.25) is 4.79 Å². The third kappa shape index (κ3) is 13.8. The number of esters is 1. The van der Waals surface area contributed by atoms with Crippen molar-refractivity contribution in [3.8, 4) is 0 Å². The molecule has 160 valence electrons. The highest BCUT2D eigenvalue weighted by molar-refractivity contribution is 6.06. The van der Waals surface area contributed by atoms with E-state index in [1.807, 2.05) is 0 Å². The summed E-state index contributed by atoms with van der Waals surface area (Å²) in [6.45, 7) is 5.32. The average molecular weight is 385 g/mol. The van der Waals surface area contributed by atoms with Crippen molar-refractivity contribution in [2.45, 2.75) is 129 Å². The highest BCUT2D eigenvalue weighted by Gasteiger charge is 2.39. The molecule has 1 N–H and O–H groups in total. The number of unbranched alkanes of at least 4 members (excludes halogenated alkanes) is 14. The van der Waals surface area contributed by atoms with Crippen molar-refractivity contribution < 1.29 is 19.4 Å². The van der Waals surface area contributed by atoms with E-state index in [9.17, 15) is 14.7 Å². The second-order valence-electron chi connectivity index (χ2n) is 7.92. The van der Waals surface area contributed by atoms with Crippen molar-refractivity contribution >= 4 is 11.8 Å². The fourth-order valence-electron chi connectivity index (χ4n) is 3.29. The SMILES string of the molecule is CCCCCCCCCCCCCCCCCC(=O)C(C)(O)C(=O)OCC. The highest BCUT2D eigenvalue weighted by atomic mass is 16.5. The fraction of sp³-hybridized carbons (Fsp3) is 0.913. The third-order valence-electron chi connectivity index (χ3n) is 5.22. The van der Waals surface area contributed by atoms with E-state index in [-0.39, 0.29) is 13.0 Å². The van der Waals surface area contributed by atoms with E-state index in [1.54, 1.807) is 6.92 Å². The van der Waals surface area contributed by atoms with Crippen LogP contribution in [0.3, 0.4) is 0 Å². The van der Waals surface area contributed by atoms with Gasteiger partial charge in [0.25, 0.3) is 0 Å². The second kappa shape index (κ2) is 17.2. The molecule has 4 heteroatoms. The van der Waals surface area contributed by atoms with Crippen LogP contribution in [-0.2, 0) is 14.3 Å². The van der Waals surface area contributed by atoms with Crippen molar-refractivity contribution in [1.29, 1.82) is 0 Å². The fourth-order valence-corrected chi connectivity index (χ4v) is 3.29. The zero-order chi connectivity index (χ0) is 20.4. The van der Waals surface area contributed by atoms with Crippen LogP contribution in [0, 0.1) is 0 Å². The molecule has 0 radical (unpaired) electrons. The normalized spacial score (nSPS) is 13.3. The van der Waals surface area contributed by atoms with E-state index >= 15 is 0 Å². The Bertz CT molecular complexity index is 377. The van der Waals surface area contributed by atoms with Crippen molar-refractivity contribution in [1.82, 2.24) is 0 Å². The molecule has 0 aliphatic rings. The van der Waals surface area contributed by atoms with E-state index in [0.717, 1.165) is 19.3 Å². The van der Waals surface area contributed by atoms with Crippen LogP contribution in [0.4, 0.5) is 0 Å². The predicted octanol–water partition coefficient (Wildman–Crippen LogP) is 6.13. The summed E-state index contributed by atoms with van der Waals surface area (Å²) in [6.07, 6.45) is 19.3. The molecule has 0 fully saturated rings. The summed E-state index contributed by atoms with van der Waals surface area (Å²) >= 11 is 0. The van der Waals surface area contributed by atoms with E-state index in [0.29, 0.717) is 0 Å². The van der Waals surface area contributed by atoms with Gasteiger partial charge in [-0.05, 0) is 20.3 Å². The summed E-state index contributed by atoms with van der Waals surface area (Å²) in [7, 11) is 0. The number of carbonyl (C=O) groups is 2. The molecule has 0 aromatic rings. The van der Waals surface area contributed by atoms with Gasteiger partial charge in [0.15, 0.2) is 5.78 Å².